The van der Waals surface area contributed by atoms with Crippen LogP contribution in [-0.2, 0) is 4.79 Å². The highest BCUT2D eigenvalue weighted by molar-refractivity contribution is 5.96. The number of aliphatic imine (C=N–C) groups is 1. The smallest absolute Gasteiger partial charge is 0.264 e. The summed E-state index contributed by atoms with van der Waals surface area (Å²) >= 11 is 0. The first-order valence-electron chi connectivity index (χ1n) is 4.83. The summed E-state index contributed by atoms with van der Waals surface area (Å²) in [5.41, 5.74) is 2.76. The standard InChI is InChI=1S/C9H14N4O/c10-12-9(14)7-5-11-8-3-1-2-4-13(8)6-7/h5H,1-4,6,10H2,(H,12,14). The van der Waals surface area contributed by atoms with Gasteiger partial charge >= 0.3 is 0 Å². The Morgan fingerprint density at radius 2 is 2.43 bits per heavy atom. The number of carbonyl (C=O) groups excluding carboxylic acids is 1. The third kappa shape index (κ3) is 1.63. The summed E-state index contributed by atoms with van der Waals surface area (Å²) in [4.78, 5) is 17.7. The lowest BCUT2D eigenvalue weighted by Gasteiger charge is -2.32. The molecule has 0 atom stereocenters. The third-order valence-electron chi connectivity index (χ3n) is 2.60. The van der Waals surface area contributed by atoms with Gasteiger partial charge in [-0.3, -0.25) is 10.2 Å². The lowest BCUT2D eigenvalue weighted by molar-refractivity contribution is -0.117. The second-order valence-corrected chi connectivity index (χ2v) is 3.55. The van der Waals surface area contributed by atoms with E-state index in [1.165, 1.54) is 12.8 Å². The maximum atomic E-state index is 11.2. The van der Waals surface area contributed by atoms with Gasteiger partial charge in [-0.05, 0) is 12.8 Å². The molecule has 3 N–H and O–H groups in total. The predicted molar refractivity (Wildman–Crippen MR) is 53.3 cm³/mol. The maximum absolute atomic E-state index is 11.2. The number of nitrogens with one attached hydrogen (secondary N) is 1. The zero-order valence-corrected chi connectivity index (χ0v) is 7.99. The Balaban J connectivity index is 2.13. The van der Waals surface area contributed by atoms with Crippen molar-refractivity contribution in [1.82, 2.24) is 10.3 Å². The van der Waals surface area contributed by atoms with Gasteiger partial charge < -0.3 is 4.90 Å². The maximum Gasteiger partial charge on any atom is 0.264 e. The van der Waals surface area contributed by atoms with Crippen LogP contribution < -0.4 is 11.3 Å². The van der Waals surface area contributed by atoms with Gasteiger partial charge in [0.1, 0.15) is 5.84 Å². The van der Waals surface area contributed by atoms with E-state index in [1.807, 2.05) is 0 Å². The first kappa shape index (κ1) is 9.21. The molecular weight excluding hydrogens is 180 g/mol. The van der Waals surface area contributed by atoms with Crippen molar-refractivity contribution in [2.75, 3.05) is 13.1 Å². The minimum atomic E-state index is -0.238. The Kier molecular flexibility index (Phi) is 2.49. The van der Waals surface area contributed by atoms with Gasteiger partial charge in [0.15, 0.2) is 0 Å². The van der Waals surface area contributed by atoms with E-state index >= 15 is 0 Å². The molecule has 2 aliphatic heterocycles. The van der Waals surface area contributed by atoms with Crippen molar-refractivity contribution >= 4 is 11.7 Å². The molecular formula is C9H14N4O. The molecule has 1 saturated heterocycles. The van der Waals surface area contributed by atoms with Crippen molar-refractivity contribution in [3.63, 3.8) is 0 Å². The van der Waals surface area contributed by atoms with Gasteiger partial charge in [-0.1, -0.05) is 0 Å². The minimum absolute atomic E-state index is 0.238. The molecule has 14 heavy (non-hydrogen) atoms. The van der Waals surface area contributed by atoms with Gasteiger partial charge in [-0.15, -0.1) is 0 Å². The number of nitrogens with two attached hydrogens (primary N) is 1. The first-order valence-corrected chi connectivity index (χ1v) is 4.83. The number of piperidine rings is 1. The molecule has 0 spiro atoms. The fourth-order valence-corrected chi connectivity index (χ4v) is 1.81. The number of hydrogen-bond donors (Lipinski definition) is 2. The average Bonchev–Trinajstić information content (AvgIpc) is 2.27. The van der Waals surface area contributed by atoms with Crippen LogP contribution >= 0.6 is 0 Å². The van der Waals surface area contributed by atoms with Crippen molar-refractivity contribution in [1.29, 1.82) is 0 Å². The van der Waals surface area contributed by atoms with Gasteiger partial charge in [-0.2, -0.15) is 0 Å². The normalized spacial score (nSPS) is 20.8. The van der Waals surface area contributed by atoms with E-state index in [0.717, 1.165) is 18.8 Å². The molecule has 0 aliphatic carbocycles. The van der Waals surface area contributed by atoms with Crippen LogP contribution in [0.25, 0.3) is 0 Å². The molecule has 0 aromatic carbocycles. The number of rotatable bonds is 1. The first-order chi connectivity index (χ1) is 6.81. The molecule has 0 aromatic heterocycles. The minimum Gasteiger partial charge on any atom is -0.355 e. The Bertz CT molecular complexity index is 308. The van der Waals surface area contributed by atoms with Crippen LogP contribution in [0.3, 0.4) is 0 Å². The number of amides is 1. The van der Waals surface area contributed by atoms with E-state index in [2.05, 4.69) is 15.3 Å². The Morgan fingerprint density at radius 3 is 3.21 bits per heavy atom. The molecule has 1 fully saturated rings. The quantitative estimate of drug-likeness (QED) is 0.344. The van der Waals surface area contributed by atoms with Crippen molar-refractivity contribution in [2.24, 2.45) is 10.8 Å². The van der Waals surface area contributed by atoms with Gasteiger partial charge in [0.25, 0.3) is 5.91 Å². The summed E-state index contributed by atoms with van der Waals surface area (Å²) < 4.78 is 0. The molecule has 0 aromatic rings. The number of amidine groups is 1. The summed E-state index contributed by atoms with van der Waals surface area (Å²) in [6.07, 6.45) is 5.02. The van der Waals surface area contributed by atoms with Crippen LogP contribution in [-0.4, -0.2) is 29.7 Å². The monoisotopic (exact) mass is 194 g/mol. The van der Waals surface area contributed by atoms with Gasteiger partial charge in [-0.25, -0.2) is 10.8 Å². The molecule has 0 saturated carbocycles. The highest BCUT2D eigenvalue weighted by Crippen LogP contribution is 2.17. The second kappa shape index (κ2) is 3.79. The van der Waals surface area contributed by atoms with E-state index in [4.69, 9.17) is 5.84 Å². The molecule has 0 radical (unpaired) electrons. The Morgan fingerprint density at radius 1 is 1.57 bits per heavy atom. The van der Waals surface area contributed by atoms with Crippen LogP contribution in [0.2, 0.25) is 0 Å². The number of fused-ring (bicyclic) bond motifs is 1. The average molecular weight is 194 g/mol. The van der Waals surface area contributed by atoms with Gasteiger partial charge in [0.05, 0.1) is 12.1 Å². The highest BCUT2D eigenvalue weighted by Gasteiger charge is 2.22. The van der Waals surface area contributed by atoms with Crippen LogP contribution in [0.1, 0.15) is 19.3 Å². The number of nitrogens with zero attached hydrogens (tertiary/aromatic N) is 2. The summed E-state index contributed by atoms with van der Waals surface area (Å²) in [5, 5.41) is 0. The van der Waals surface area contributed by atoms with Crippen molar-refractivity contribution in [3.8, 4) is 0 Å². The van der Waals surface area contributed by atoms with E-state index in [-0.39, 0.29) is 5.91 Å². The summed E-state index contributed by atoms with van der Waals surface area (Å²) in [6.45, 7) is 1.63. The summed E-state index contributed by atoms with van der Waals surface area (Å²) in [5.74, 6) is 5.93. The van der Waals surface area contributed by atoms with E-state index in [9.17, 15) is 4.79 Å². The largest absolute Gasteiger partial charge is 0.355 e. The van der Waals surface area contributed by atoms with E-state index in [0.29, 0.717) is 12.1 Å². The summed E-state index contributed by atoms with van der Waals surface area (Å²) in [7, 11) is 0. The molecule has 2 rings (SSSR count). The van der Waals surface area contributed by atoms with Crippen LogP contribution in [0, 0.1) is 0 Å². The predicted octanol–water partition coefficient (Wildman–Crippen LogP) is -0.242. The number of carbonyl (C=O) groups is 1. The molecule has 5 nitrogen and oxygen atoms in total. The van der Waals surface area contributed by atoms with E-state index < -0.39 is 0 Å². The lowest BCUT2D eigenvalue weighted by atomic mass is 10.1. The van der Waals surface area contributed by atoms with Crippen LogP contribution in [0.5, 0.6) is 0 Å². The topological polar surface area (TPSA) is 70.7 Å². The molecule has 5 heteroatoms. The molecule has 0 unspecified atom stereocenters. The highest BCUT2D eigenvalue weighted by atomic mass is 16.2. The lowest BCUT2D eigenvalue weighted by Crippen LogP contribution is -2.42. The van der Waals surface area contributed by atoms with Crippen molar-refractivity contribution in [2.45, 2.75) is 19.3 Å². The third-order valence-corrected chi connectivity index (χ3v) is 2.60. The zero-order valence-electron chi connectivity index (χ0n) is 7.99. The molecule has 1 amide bonds. The van der Waals surface area contributed by atoms with Crippen LogP contribution in [0.15, 0.2) is 16.8 Å². The van der Waals surface area contributed by atoms with E-state index in [1.54, 1.807) is 6.20 Å². The molecule has 2 heterocycles. The SMILES string of the molecule is NNC(=O)C1=CN=C2CCCCN2C1. The fourth-order valence-electron chi connectivity index (χ4n) is 1.81. The van der Waals surface area contributed by atoms with Gasteiger partial charge in [0, 0.05) is 19.2 Å². The number of hydrogen-bond acceptors (Lipinski definition) is 4. The second-order valence-electron chi connectivity index (χ2n) is 3.55. The zero-order chi connectivity index (χ0) is 9.97. The Hall–Kier alpha value is -1.36. The number of hydrazine groups is 1. The summed E-state index contributed by atoms with van der Waals surface area (Å²) in [6, 6.07) is 0. The van der Waals surface area contributed by atoms with Gasteiger partial charge in [0.2, 0.25) is 0 Å². The van der Waals surface area contributed by atoms with Crippen molar-refractivity contribution in [3.05, 3.63) is 11.8 Å². The Labute approximate surface area is 82.6 Å². The van der Waals surface area contributed by atoms with Crippen LogP contribution in [0.4, 0.5) is 0 Å². The molecule has 76 valence electrons. The molecule has 0 bridgehead atoms. The molecule has 2 aliphatic rings. The fraction of sp³-hybridized carbons (Fsp3) is 0.556. The van der Waals surface area contributed by atoms with Crippen molar-refractivity contribution < 1.29 is 4.79 Å².